The number of ether oxygens (including phenoxy) is 1. The molecule has 0 bridgehead atoms. The molecular formula is C12H16O2S. The van der Waals surface area contributed by atoms with E-state index < -0.39 is 0 Å². The van der Waals surface area contributed by atoms with Gasteiger partial charge in [0.2, 0.25) is 0 Å². The average molecular weight is 224 g/mol. The minimum atomic E-state index is -0.0646. The van der Waals surface area contributed by atoms with Crippen LogP contribution in [0.1, 0.15) is 19.4 Å². The lowest BCUT2D eigenvalue weighted by Crippen LogP contribution is -2.21. The molecule has 0 N–H and O–H groups in total. The first kappa shape index (κ1) is 11.0. The fourth-order valence-electron chi connectivity index (χ4n) is 1.47. The van der Waals surface area contributed by atoms with E-state index in [0.29, 0.717) is 17.8 Å². The Bertz CT molecular complexity index is 302. The zero-order valence-electron chi connectivity index (χ0n) is 9.05. The van der Waals surface area contributed by atoms with E-state index in [-0.39, 0.29) is 6.29 Å². The third-order valence-electron chi connectivity index (χ3n) is 2.73. The van der Waals surface area contributed by atoms with Crippen molar-refractivity contribution in [1.29, 1.82) is 0 Å². The second-order valence-electron chi connectivity index (χ2n) is 3.92. The molecule has 15 heavy (non-hydrogen) atoms. The normalized spacial score (nSPS) is 30.7. The summed E-state index contributed by atoms with van der Waals surface area (Å²) in [4.78, 5) is 0. The van der Waals surface area contributed by atoms with Crippen molar-refractivity contribution >= 4 is 12.0 Å². The highest BCUT2D eigenvalue weighted by atomic mass is 32.2. The Morgan fingerprint density at radius 2 is 2.00 bits per heavy atom. The fourth-order valence-corrected chi connectivity index (χ4v) is 2.29. The van der Waals surface area contributed by atoms with Gasteiger partial charge in [-0.15, -0.1) is 0 Å². The Hall–Kier alpha value is -0.510. The van der Waals surface area contributed by atoms with Crippen molar-refractivity contribution in [3.05, 3.63) is 35.9 Å². The molecule has 82 valence electrons. The lowest BCUT2D eigenvalue weighted by Gasteiger charge is -2.15. The molecule has 3 heteroatoms. The monoisotopic (exact) mass is 224 g/mol. The lowest BCUT2D eigenvalue weighted by molar-refractivity contribution is -0.0962. The first-order valence-corrected chi connectivity index (χ1v) is 6.05. The molecule has 2 rings (SSSR count). The van der Waals surface area contributed by atoms with E-state index in [4.69, 9.17) is 8.92 Å². The highest BCUT2D eigenvalue weighted by molar-refractivity contribution is 7.95. The van der Waals surface area contributed by atoms with Crippen LogP contribution < -0.4 is 0 Å². The van der Waals surface area contributed by atoms with Gasteiger partial charge >= 0.3 is 0 Å². The maximum absolute atomic E-state index is 5.73. The Labute approximate surface area is 95.2 Å². The molecule has 1 heterocycles. The molecule has 2 nitrogen and oxygen atoms in total. The Kier molecular flexibility index (Phi) is 3.67. The maximum Gasteiger partial charge on any atom is 0.174 e. The van der Waals surface area contributed by atoms with Crippen molar-refractivity contribution in [2.45, 2.75) is 32.0 Å². The minimum absolute atomic E-state index is 0.0646. The Morgan fingerprint density at radius 3 is 2.60 bits per heavy atom. The van der Waals surface area contributed by atoms with Crippen LogP contribution in [0.2, 0.25) is 0 Å². The van der Waals surface area contributed by atoms with Gasteiger partial charge in [0, 0.05) is 11.2 Å². The van der Waals surface area contributed by atoms with Crippen LogP contribution in [0.3, 0.4) is 0 Å². The predicted octanol–water partition coefficient (Wildman–Crippen LogP) is 3.23. The van der Waals surface area contributed by atoms with E-state index in [9.17, 15) is 0 Å². The fraction of sp³-hybridized carbons (Fsp3) is 0.500. The predicted molar refractivity (Wildman–Crippen MR) is 62.3 cm³/mol. The summed E-state index contributed by atoms with van der Waals surface area (Å²) in [6.07, 6.45) is -0.0646. The second-order valence-corrected chi connectivity index (χ2v) is 5.05. The van der Waals surface area contributed by atoms with E-state index in [1.165, 1.54) is 17.6 Å². The number of benzene rings is 1. The third-order valence-corrected chi connectivity index (χ3v) is 3.76. The second kappa shape index (κ2) is 5.01. The van der Waals surface area contributed by atoms with Gasteiger partial charge in [-0.25, -0.2) is 0 Å². The summed E-state index contributed by atoms with van der Waals surface area (Å²) in [6.45, 7) is 4.96. The van der Waals surface area contributed by atoms with Crippen molar-refractivity contribution in [2.75, 3.05) is 0 Å². The molecule has 2 unspecified atom stereocenters. The summed E-state index contributed by atoms with van der Waals surface area (Å²) in [5.41, 5.74) is 1.19. The number of rotatable bonds is 3. The van der Waals surface area contributed by atoms with Crippen molar-refractivity contribution in [1.82, 2.24) is 0 Å². The quantitative estimate of drug-likeness (QED) is 0.734. The zero-order chi connectivity index (χ0) is 10.7. The number of hydrogen-bond donors (Lipinski definition) is 0. The Balaban J connectivity index is 1.84. The molecule has 0 aliphatic carbocycles. The highest BCUT2D eigenvalue weighted by Crippen LogP contribution is 2.35. The molecule has 0 aromatic heterocycles. The van der Waals surface area contributed by atoms with Crippen molar-refractivity contribution in [2.24, 2.45) is 5.92 Å². The van der Waals surface area contributed by atoms with Crippen LogP contribution in [0.25, 0.3) is 0 Å². The molecular weight excluding hydrogens is 208 g/mol. The molecule has 0 saturated carbocycles. The Morgan fingerprint density at radius 1 is 1.27 bits per heavy atom. The van der Waals surface area contributed by atoms with Gasteiger partial charge in [0.15, 0.2) is 6.29 Å². The molecule has 0 spiro atoms. The highest BCUT2D eigenvalue weighted by Gasteiger charge is 2.32. The van der Waals surface area contributed by atoms with Crippen LogP contribution in [-0.4, -0.2) is 11.5 Å². The van der Waals surface area contributed by atoms with Gasteiger partial charge in [0.1, 0.15) is 0 Å². The first-order valence-electron chi connectivity index (χ1n) is 5.25. The number of hydrogen-bond acceptors (Lipinski definition) is 3. The molecule has 0 amide bonds. The van der Waals surface area contributed by atoms with Crippen LogP contribution in [-0.2, 0) is 15.5 Å². The van der Waals surface area contributed by atoms with E-state index in [0.717, 1.165) is 0 Å². The van der Waals surface area contributed by atoms with Crippen LogP contribution in [0, 0.1) is 5.92 Å². The van der Waals surface area contributed by atoms with Crippen molar-refractivity contribution in [3.63, 3.8) is 0 Å². The summed E-state index contributed by atoms with van der Waals surface area (Å²) >= 11 is 1.52. The summed E-state index contributed by atoms with van der Waals surface area (Å²) in [6, 6.07) is 10.2. The van der Waals surface area contributed by atoms with Gasteiger partial charge in [0.05, 0.1) is 6.61 Å². The van der Waals surface area contributed by atoms with E-state index in [2.05, 4.69) is 26.0 Å². The summed E-state index contributed by atoms with van der Waals surface area (Å²) < 4.78 is 11.2. The van der Waals surface area contributed by atoms with Crippen LogP contribution in [0.5, 0.6) is 0 Å². The van der Waals surface area contributed by atoms with Gasteiger partial charge in [-0.1, -0.05) is 44.2 Å². The van der Waals surface area contributed by atoms with Gasteiger partial charge in [0.25, 0.3) is 0 Å². The van der Waals surface area contributed by atoms with Gasteiger partial charge in [-0.05, 0) is 17.6 Å². The zero-order valence-corrected chi connectivity index (χ0v) is 9.87. The largest absolute Gasteiger partial charge is 0.347 e. The van der Waals surface area contributed by atoms with Crippen LogP contribution >= 0.6 is 12.0 Å². The molecule has 3 atom stereocenters. The van der Waals surface area contributed by atoms with Gasteiger partial charge < -0.3 is 4.74 Å². The van der Waals surface area contributed by atoms with Crippen LogP contribution in [0.15, 0.2) is 30.3 Å². The summed E-state index contributed by atoms with van der Waals surface area (Å²) in [5.74, 6) is 0.457. The molecule has 1 aliphatic rings. The molecule has 1 aliphatic heterocycles. The van der Waals surface area contributed by atoms with E-state index >= 15 is 0 Å². The topological polar surface area (TPSA) is 18.5 Å². The standard InChI is InChI=1S/C12H16O2S/c1-9-10(2)15-14-12(9)13-8-11-6-4-3-5-7-11/h3-7,9-10,12H,8H2,1-2H3/t9?,10?,12-/m0/s1. The van der Waals surface area contributed by atoms with Gasteiger partial charge in [-0.2, -0.15) is 0 Å². The molecule has 1 aromatic carbocycles. The molecule has 1 aromatic rings. The third kappa shape index (κ3) is 2.74. The summed E-state index contributed by atoms with van der Waals surface area (Å²) in [5, 5.41) is 0.519. The molecule has 0 radical (unpaired) electrons. The smallest absolute Gasteiger partial charge is 0.174 e. The van der Waals surface area contributed by atoms with Crippen molar-refractivity contribution < 1.29 is 8.92 Å². The maximum atomic E-state index is 5.73. The average Bonchev–Trinajstić information content (AvgIpc) is 2.59. The minimum Gasteiger partial charge on any atom is -0.347 e. The summed E-state index contributed by atoms with van der Waals surface area (Å²) in [7, 11) is 0. The SMILES string of the molecule is CC1SO[C@H](OCc2ccccc2)C1C. The van der Waals surface area contributed by atoms with E-state index in [1.54, 1.807) is 0 Å². The van der Waals surface area contributed by atoms with Gasteiger partial charge in [-0.3, -0.25) is 4.18 Å². The molecule has 1 fully saturated rings. The van der Waals surface area contributed by atoms with Crippen LogP contribution in [0.4, 0.5) is 0 Å². The lowest BCUT2D eigenvalue weighted by atomic mass is 10.1. The molecule has 1 saturated heterocycles. The van der Waals surface area contributed by atoms with E-state index in [1.807, 2.05) is 18.2 Å². The van der Waals surface area contributed by atoms with Crippen molar-refractivity contribution in [3.8, 4) is 0 Å². The first-order chi connectivity index (χ1) is 7.27.